The van der Waals surface area contributed by atoms with E-state index in [1.807, 2.05) is 6.92 Å². The standard InChI is InChI=1S/C12H17ClN2/c1-9-2-3-10(7-12(9)13)6-11-8-14-4-5-15-11/h2-3,7,11,14-15H,4-6,8H2,1H3. The fraction of sp³-hybridized carbons (Fsp3) is 0.500. The molecule has 0 aliphatic carbocycles. The Morgan fingerprint density at radius 1 is 1.40 bits per heavy atom. The van der Waals surface area contributed by atoms with E-state index in [4.69, 9.17) is 11.6 Å². The monoisotopic (exact) mass is 224 g/mol. The zero-order valence-electron chi connectivity index (χ0n) is 9.02. The van der Waals surface area contributed by atoms with E-state index < -0.39 is 0 Å². The SMILES string of the molecule is Cc1ccc(CC2CNCCN2)cc1Cl. The Kier molecular flexibility index (Phi) is 3.62. The van der Waals surface area contributed by atoms with Gasteiger partial charge in [0.15, 0.2) is 0 Å². The van der Waals surface area contributed by atoms with Gasteiger partial charge in [0, 0.05) is 30.7 Å². The quantitative estimate of drug-likeness (QED) is 0.800. The number of piperazine rings is 1. The summed E-state index contributed by atoms with van der Waals surface area (Å²) in [6.07, 6.45) is 1.05. The van der Waals surface area contributed by atoms with Crippen molar-refractivity contribution in [1.82, 2.24) is 10.6 Å². The van der Waals surface area contributed by atoms with Crippen molar-refractivity contribution in [1.29, 1.82) is 0 Å². The zero-order chi connectivity index (χ0) is 10.7. The lowest BCUT2D eigenvalue weighted by Crippen LogP contribution is -2.49. The molecule has 15 heavy (non-hydrogen) atoms. The molecule has 1 aromatic rings. The summed E-state index contributed by atoms with van der Waals surface area (Å²) in [5.74, 6) is 0. The van der Waals surface area contributed by atoms with Crippen LogP contribution in [0.3, 0.4) is 0 Å². The van der Waals surface area contributed by atoms with Crippen molar-refractivity contribution in [3.63, 3.8) is 0 Å². The van der Waals surface area contributed by atoms with Crippen molar-refractivity contribution in [3.8, 4) is 0 Å². The minimum atomic E-state index is 0.539. The normalized spacial score (nSPS) is 21.6. The van der Waals surface area contributed by atoms with Crippen LogP contribution in [0.25, 0.3) is 0 Å². The minimum Gasteiger partial charge on any atom is -0.314 e. The van der Waals surface area contributed by atoms with E-state index in [0.717, 1.165) is 36.6 Å². The van der Waals surface area contributed by atoms with Crippen molar-refractivity contribution in [2.75, 3.05) is 19.6 Å². The highest BCUT2D eigenvalue weighted by atomic mass is 35.5. The molecule has 1 aromatic carbocycles. The molecule has 2 N–H and O–H groups in total. The van der Waals surface area contributed by atoms with Gasteiger partial charge in [0.25, 0.3) is 0 Å². The van der Waals surface area contributed by atoms with Crippen LogP contribution >= 0.6 is 11.6 Å². The Morgan fingerprint density at radius 3 is 2.93 bits per heavy atom. The summed E-state index contributed by atoms with van der Waals surface area (Å²) < 4.78 is 0. The maximum atomic E-state index is 6.10. The average molecular weight is 225 g/mol. The first kappa shape index (κ1) is 10.9. The molecule has 0 aromatic heterocycles. The van der Waals surface area contributed by atoms with Gasteiger partial charge in [0.1, 0.15) is 0 Å². The van der Waals surface area contributed by atoms with Crippen LogP contribution in [0, 0.1) is 6.92 Å². The lowest BCUT2D eigenvalue weighted by atomic mass is 10.0. The van der Waals surface area contributed by atoms with Crippen molar-refractivity contribution < 1.29 is 0 Å². The summed E-state index contributed by atoms with van der Waals surface area (Å²) in [6, 6.07) is 6.87. The first-order valence-electron chi connectivity index (χ1n) is 5.45. The molecule has 1 saturated heterocycles. The Hall–Kier alpha value is -0.570. The lowest BCUT2D eigenvalue weighted by molar-refractivity contribution is 0.416. The first-order valence-corrected chi connectivity index (χ1v) is 5.82. The molecular weight excluding hydrogens is 208 g/mol. The van der Waals surface area contributed by atoms with Gasteiger partial charge in [-0.1, -0.05) is 23.7 Å². The third kappa shape index (κ3) is 2.94. The van der Waals surface area contributed by atoms with Gasteiger partial charge >= 0.3 is 0 Å². The molecule has 1 atom stereocenters. The van der Waals surface area contributed by atoms with Crippen molar-refractivity contribution in [2.45, 2.75) is 19.4 Å². The summed E-state index contributed by atoms with van der Waals surface area (Å²) in [4.78, 5) is 0. The second-order valence-electron chi connectivity index (χ2n) is 4.14. The molecule has 82 valence electrons. The Labute approximate surface area is 96.0 Å². The molecule has 1 aliphatic heterocycles. The highest BCUT2D eigenvalue weighted by molar-refractivity contribution is 6.31. The number of aryl methyl sites for hydroxylation is 1. The van der Waals surface area contributed by atoms with Crippen LogP contribution < -0.4 is 10.6 Å². The van der Waals surface area contributed by atoms with Gasteiger partial charge in [-0.25, -0.2) is 0 Å². The van der Waals surface area contributed by atoms with Gasteiger partial charge in [0.05, 0.1) is 0 Å². The highest BCUT2D eigenvalue weighted by Crippen LogP contribution is 2.17. The van der Waals surface area contributed by atoms with Gasteiger partial charge in [-0.2, -0.15) is 0 Å². The van der Waals surface area contributed by atoms with Crippen molar-refractivity contribution >= 4 is 11.6 Å². The Morgan fingerprint density at radius 2 is 2.27 bits per heavy atom. The molecule has 2 rings (SSSR count). The topological polar surface area (TPSA) is 24.1 Å². The summed E-state index contributed by atoms with van der Waals surface area (Å²) in [5.41, 5.74) is 2.46. The third-order valence-electron chi connectivity index (χ3n) is 2.84. The predicted molar refractivity (Wildman–Crippen MR) is 64.6 cm³/mol. The van der Waals surface area contributed by atoms with Gasteiger partial charge in [-0.05, 0) is 30.5 Å². The van der Waals surface area contributed by atoms with Gasteiger partial charge in [-0.15, -0.1) is 0 Å². The third-order valence-corrected chi connectivity index (χ3v) is 3.25. The van der Waals surface area contributed by atoms with Gasteiger partial charge in [0.2, 0.25) is 0 Å². The van der Waals surface area contributed by atoms with Crippen LogP contribution in [0.5, 0.6) is 0 Å². The van der Waals surface area contributed by atoms with E-state index in [1.165, 1.54) is 5.56 Å². The predicted octanol–water partition coefficient (Wildman–Crippen LogP) is 1.75. The molecule has 0 saturated carbocycles. The van der Waals surface area contributed by atoms with Crippen LogP contribution in [-0.2, 0) is 6.42 Å². The molecule has 0 radical (unpaired) electrons. The molecule has 1 fully saturated rings. The summed E-state index contributed by atoms with van der Waals surface area (Å²) >= 11 is 6.10. The number of nitrogens with one attached hydrogen (secondary N) is 2. The highest BCUT2D eigenvalue weighted by Gasteiger charge is 2.12. The van der Waals surface area contributed by atoms with E-state index >= 15 is 0 Å². The number of rotatable bonds is 2. The molecule has 0 amide bonds. The van der Waals surface area contributed by atoms with Crippen LogP contribution in [-0.4, -0.2) is 25.7 Å². The smallest absolute Gasteiger partial charge is 0.0437 e. The molecule has 0 bridgehead atoms. The fourth-order valence-corrected chi connectivity index (χ4v) is 2.11. The molecular formula is C12H17ClN2. The van der Waals surface area contributed by atoms with Gasteiger partial charge in [-0.3, -0.25) is 0 Å². The van der Waals surface area contributed by atoms with Crippen LogP contribution in [0.15, 0.2) is 18.2 Å². The average Bonchev–Trinajstić information content (AvgIpc) is 2.25. The maximum absolute atomic E-state index is 6.10. The lowest BCUT2D eigenvalue weighted by Gasteiger charge is -2.24. The minimum absolute atomic E-state index is 0.539. The molecule has 3 heteroatoms. The number of benzene rings is 1. The Balaban J connectivity index is 2.00. The van der Waals surface area contributed by atoms with Crippen molar-refractivity contribution in [2.24, 2.45) is 0 Å². The molecule has 2 nitrogen and oxygen atoms in total. The van der Waals surface area contributed by atoms with E-state index in [1.54, 1.807) is 0 Å². The summed E-state index contributed by atoms with van der Waals surface area (Å²) in [5, 5.41) is 7.75. The van der Waals surface area contributed by atoms with E-state index in [2.05, 4.69) is 28.8 Å². The van der Waals surface area contributed by atoms with Gasteiger partial charge < -0.3 is 10.6 Å². The maximum Gasteiger partial charge on any atom is 0.0437 e. The van der Waals surface area contributed by atoms with Crippen LogP contribution in [0.1, 0.15) is 11.1 Å². The van der Waals surface area contributed by atoms with Crippen LogP contribution in [0.2, 0.25) is 5.02 Å². The zero-order valence-corrected chi connectivity index (χ0v) is 9.77. The molecule has 0 spiro atoms. The van der Waals surface area contributed by atoms with Crippen LogP contribution in [0.4, 0.5) is 0 Å². The molecule has 1 heterocycles. The second-order valence-corrected chi connectivity index (χ2v) is 4.55. The van der Waals surface area contributed by atoms with E-state index in [9.17, 15) is 0 Å². The second kappa shape index (κ2) is 4.97. The Bertz CT molecular complexity index is 332. The molecule has 1 unspecified atom stereocenters. The summed E-state index contributed by atoms with van der Waals surface area (Å²) in [7, 11) is 0. The first-order chi connectivity index (χ1) is 7.25. The van der Waals surface area contributed by atoms with Crippen molar-refractivity contribution in [3.05, 3.63) is 34.3 Å². The molecule has 1 aliphatic rings. The van der Waals surface area contributed by atoms with E-state index in [0.29, 0.717) is 6.04 Å². The number of halogens is 1. The van der Waals surface area contributed by atoms with E-state index in [-0.39, 0.29) is 0 Å². The number of hydrogen-bond acceptors (Lipinski definition) is 2. The fourth-order valence-electron chi connectivity index (χ4n) is 1.91. The number of hydrogen-bond donors (Lipinski definition) is 2. The summed E-state index contributed by atoms with van der Waals surface area (Å²) in [6.45, 7) is 5.22. The largest absolute Gasteiger partial charge is 0.314 e.